The third kappa shape index (κ3) is 3.33. The first-order chi connectivity index (χ1) is 9.26. The summed E-state index contributed by atoms with van der Waals surface area (Å²) in [5, 5.41) is 3.46. The van der Waals surface area contributed by atoms with E-state index >= 15 is 0 Å². The van der Waals surface area contributed by atoms with Crippen molar-refractivity contribution in [3.63, 3.8) is 0 Å². The van der Waals surface area contributed by atoms with Gasteiger partial charge >= 0.3 is 0 Å². The number of rotatable bonds is 7. The van der Waals surface area contributed by atoms with E-state index < -0.39 is 0 Å². The number of hydrogen-bond donors (Lipinski definition) is 1. The summed E-state index contributed by atoms with van der Waals surface area (Å²) >= 11 is 0. The van der Waals surface area contributed by atoms with Crippen LogP contribution in [0, 0.1) is 0 Å². The number of benzene rings is 1. The molecule has 19 heavy (non-hydrogen) atoms. The van der Waals surface area contributed by atoms with Crippen LogP contribution in [0.4, 0.5) is 0 Å². The van der Waals surface area contributed by atoms with Crippen molar-refractivity contribution >= 4 is 11.0 Å². The van der Waals surface area contributed by atoms with Gasteiger partial charge in [-0.3, -0.25) is 0 Å². The van der Waals surface area contributed by atoms with E-state index in [1.165, 1.54) is 5.52 Å². The number of imidazole rings is 1. The molecule has 0 saturated heterocycles. The minimum absolute atomic E-state index is 0.338. The van der Waals surface area contributed by atoms with Crippen LogP contribution < -0.4 is 5.32 Å². The van der Waals surface area contributed by atoms with E-state index in [9.17, 15) is 0 Å². The zero-order valence-corrected chi connectivity index (χ0v) is 12.0. The van der Waals surface area contributed by atoms with Crippen molar-refractivity contribution in [1.82, 2.24) is 14.9 Å². The Bertz CT molecular complexity index is 521. The third-order valence-corrected chi connectivity index (χ3v) is 3.23. The van der Waals surface area contributed by atoms with Crippen LogP contribution in [0.15, 0.2) is 24.3 Å². The number of nitrogens with zero attached hydrogens (tertiary/aromatic N) is 2. The highest BCUT2D eigenvalue weighted by Gasteiger charge is 2.09. The van der Waals surface area contributed by atoms with Crippen molar-refractivity contribution < 1.29 is 4.74 Å². The van der Waals surface area contributed by atoms with Crippen LogP contribution in [0.2, 0.25) is 0 Å². The van der Waals surface area contributed by atoms with E-state index in [1.54, 1.807) is 0 Å². The molecule has 1 N–H and O–H groups in total. The predicted molar refractivity (Wildman–Crippen MR) is 78.2 cm³/mol. The first-order valence-electron chi connectivity index (χ1n) is 7.01. The van der Waals surface area contributed by atoms with Crippen molar-refractivity contribution in [2.45, 2.75) is 39.9 Å². The second-order valence-corrected chi connectivity index (χ2v) is 4.70. The normalized spacial score (nSPS) is 13.0. The molecule has 0 aliphatic rings. The zero-order valence-electron chi connectivity index (χ0n) is 12.0. The molecule has 104 valence electrons. The summed E-state index contributed by atoms with van der Waals surface area (Å²) < 4.78 is 7.67. The molecule has 1 aromatic carbocycles. The van der Waals surface area contributed by atoms with Gasteiger partial charge < -0.3 is 14.6 Å². The largest absolute Gasteiger partial charge is 0.380 e. The molecular formula is C15H23N3O. The lowest BCUT2D eigenvalue weighted by Gasteiger charge is -2.14. The first-order valence-corrected chi connectivity index (χ1v) is 7.01. The number of aromatic nitrogens is 2. The van der Waals surface area contributed by atoms with Crippen molar-refractivity contribution in [1.29, 1.82) is 0 Å². The van der Waals surface area contributed by atoms with Crippen LogP contribution in [-0.2, 0) is 17.8 Å². The molecule has 1 atom stereocenters. The average molecular weight is 261 g/mol. The van der Waals surface area contributed by atoms with Gasteiger partial charge in [0.05, 0.1) is 24.2 Å². The van der Waals surface area contributed by atoms with Gasteiger partial charge in [-0.2, -0.15) is 0 Å². The summed E-state index contributed by atoms with van der Waals surface area (Å²) in [6.07, 6.45) is 0. The molecule has 4 nitrogen and oxygen atoms in total. The number of aryl methyl sites for hydroxylation is 1. The second kappa shape index (κ2) is 6.68. The Hall–Kier alpha value is -1.39. The lowest BCUT2D eigenvalue weighted by Crippen LogP contribution is -2.31. The van der Waals surface area contributed by atoms with Crippen LogP contribution in [0.1, 0.15) is 26.6 Å². The molecule has 0 spiro atoms. The molecule has 1 unspecified atom stereocenters. The zero-order chi connectivity index (χ0) is 13.7. The minimum atomic E-state index is 0.338. The molecule has 2 rings (SSSR count). The monoisotopic (exact) mass is 261 g/mol. The summed E-state index contributed by atoms with van der Waals surface area (Å²) in [5.41, 5.74) is 2.28. The Morgan fingerprint density at radius 1 is 1.32 bits per heavy atom. The van der Waals surface area contributed by atoms with Gasteiger partial charge in [0.2, 0.25) is 0 Å². The van der Waals surface area contributed by atoms with E-state index in [4.69, 9.17) is 9.72 Å². The molecule has 0 aliphatic heterocycles. The maximum atomic E-state index is 5.41. The number of para-hydroxylation sites is 2. The molecule has 4 heteroatoms. The second-order valence-electron chi connectivity index (χ2n) is 4.70. The topological polar surface area (TPSA) is 39.1 Å². The molecule has 0 saturated carbocycles. The van der Waals surface area contributed by atoms with Gasteiger partial charge in [-0.05, 0) is 32.9 Å². The summed E-state index contributed by atoms with van der Waals surface area (Å²) in [6.45, 7) is 9.52. The van der Waals surface area contributed by atoms with E-state index in [2.05, 4.69) is 41.9 Å². The highest BCUT2D eigenvalue weighted by atomic mass is 16.5. The van der Waals surface area contributed by atoms with E-state index in [1.807, 2.05) is 13.0 Å². The van der Waals surface area contributed by atoms with Crippen molar-refractivity contribution in [3.05, 3.63) is 30.1 Å². The molecule has 0 radical (unpaired) electrons. The average Bonchev–Trinajstić information content (AvgIpc) is 2.80. The Balaban J connectivity index is 2.07. The van der Waals surface area contributed by atoms with Gasteiger partial charge in [0.15, 0.2) is 0 Å². The number of fused-ring (bicyclic) bond motifs is 1. The van der Waals surface area contributed by atoms with Crippen molar-refractivity contribution in [3.8, 4) is 0 Å². The minimum Gasteiger partial charge on any atom is -0.380 e. The fourth-order valence-corrected chi connectivity index (χ4v) is 2.23. The maximum absolute atomic E-state index is 5.41. The van der Waals surface area contributed by atoms with Gasteiger partial charge in [0.25, 0.3) is 0 Å². The number of nitrogens with one attached hydrogen (secondary N) is 1. The fourth-order valence-electron chi connectivity index (χ4n) is 2.23. The van der Waals surface area contributed by atoms with Crippen LogP contribution >= 0.6 is 0 Å². The van der Waals surface area contributed by atoms with Gasteiger partial charge in [0.1, 0.15) is 5.82 Å². The molecule has 0 bridgehead atoms. The Morgan fingerprint density at radius 3 is 2.84 bits per heavy atom. The summed E-state index contributed by atoms with van der Waals surface area (Å²) in [5.74, 6) is 1.09. The lowest BCUT2D eigenvalue weighted by molar-refractivity contribution is 0.126. The van der Waals surface area contributed by atoms with Crippen molar-refractivity contribution in [2.24, 2.45) is 0 Å². The van der Waals surface area contributed by atoms with Crippen LogP contribution in [-0.4, -0.2) is 28.8 Å². The molecule has 0 aliphatic carbocycles. The Kier molecular flexibility index (Phi) is 4.93. The summed E-state index contributed by atoms with van der Waals surface area (Å²) in [7, 11) is 0. The molecule has 1 heterocycles. The van der Waals surface area contributed by atoms with Crippen molar-refractivity contribution in [2.75, 3.05) is 13.2 Å². The SMILES string of the molecule is CCOCC(C)NCc1nc2ccccc2n1CC. The predicted octanol–water partition coefficient (Wildman–Crippen LogP) is 2.57. The highest BCUT2D eigenvalue weighted by molar-refractivity contribution is 5.75. The fraction of sp³-hybridized carbons (Fsp3) is 0.533. The number of ether oxygens (including phenoxy) is 1. The molecule has 0 fully saturated rings. The third-order valence-electron chi connectivity index (χ3n) is 3.23. The quantitative estimate of drug-likeness (QED) is 0.832. The van der Waals surface area contributed by atoms with Gasteiger partial charge in [-0.15, -0.1) is 0 Å². The van der Waals surface area contributed by atoms with E-state index in [0.29, 0.717) is 6.04 Å². The Labute approximate surface area is 114 Å². The number of hydrogen-bond acceptors (Lipinski definition) is 3. The van der Waals surface area contributed by atoms with Crippen LogP contribution in [0.5, 0.6) is 0 Å². The van der Waals surface area contributed by atoms with Gasteiger partial charge in [0, 0.05) is 19.2 Å². The Morgan fingerprint density at radius 2 is 2.11 bits per heavy atom. The van der Waals surface area contributed by atoms with Gasteiger partial charge in [-0.1, -0.05) is 12.1 Å². The maximum Gasteiger partial charge on any atom is 0.123 e. The summed E-state index contributed by atoms with van der Waals surface area (Å²) in [6, 6.07) is 8.62. The molecule has 1 aromatic heterocycles. The highest BCUT2D eigenvalue weighted by Crippen LogP contribution is 2.15. The van der Waals surface area contributed by atoms with Gasteiger partial charge in [-0.25, -0.2) is 4.98 Å². The molecule has 2 aromatic rings. The van der Waals surface area contributed by atoms with E-state index in [-0.39, 0.29) is 0 Å². The van der Waals surface area contributed by atoms with Crippen LogP contribution in [0.3, 0.4) is 0 Å². The molecule has 0 amide bonds. The lowest BCUT2D eigenvalue weighted by atomic mass is 10.3. The van der Waals surface area contributed by atoms with E-state index in [0.717, 1.165) is 37.6 Å². The van der Waals surface area contributed by atoms with Crippen LogP contribution in [0.25, 0.3) is 11.0 Å². The first kappa shape index (κ1) is 14.0. The smallest absolute Gasteiger partial charge is 0.123 e. The summed E-state index contributed by atoms with van der Waals surface area (Å²) in [4.78, 5) is 4.70. The molecular weight excluding hydrogens is 238 g/mol. The standard InChI is InChI=1S/C15H23N3O/c1-4-18-14-9-7-6-8-13(14)17-15(18)10-16-12(3)11-19-5-2/h6-9,12,16H,4-5,10-11H2,1-3H3.